The minimum absolute atomic E-state index is 0.280. The topological polar surface area (TPSA) is 73.4 Å². The summed E-state index contributed by atoms with van der Waals surface area (Å²) >= 11 is 0. The molecule has 5 rings (SSSR count). The zero-order chi connectivity index (χ0) is 24.6. The Balaban J connectivity index is 1.06. The highest BCUT2D eigenvalue weighted by Gasteiger charge is 2.30. The Labute approximate surface area is 218 Å². The number of nitrogens with one attached hydrogen (secondary N) is 2. The van der Waals surface area contributed by atoms with Gasteiger partial charge in [0.1, 0.15) is 5.82 Å². The Morgan fingerprint density at radius 2 is 1.61 bits per heavy atom. The predicted molar refractivity (Wildman–Crippen MR) is 146 cm³/mol. The minimum atomic E-state index is 0.280. The molecule has 200 valence electrons. The number of carbonyl (C=O) groups excluding carboxylic acids is 1. The first kappa shape index (κ1) is 25.7. The van der Waals surface area contributed by atoms with Crippen LogP contribution in [0.25, 0.3) is 0 Å². The maximum atomic E-state index is 12.5. The van der Waals surface area contributed by atoms with E-state index in [1.54, 1.807) is 0 Å². The molecule has 7 heteroatoms. The monoisotopic (exact) mass is 496 g/mol. The van der Waals surface area contributed by atoms with Gasteiger partial charge in [-0.05, 0) is 82.7 Å². The van der Waals surface area contributed by atoms with Crippen LogP contribution in [0.4, 0.5) is 11.8 Å². The number of likely N-dealkylation sites (tertiary alicyclic amines) is 1. The third kappa shape index (κ3) is 7.11. The maximum Gasteiger partial charge on any atom is 0.224 e. The molecule has 2 saturated carbocycles. The van der Waals surface area contributed by atoms with Gasteiger partial charge in [0.2, 0.25) is 11.9 Å². The van der Waals surface area contributed by atoms with Gasteiger partial charge in [-0.2, -0.15) is 4.98 Å². The number of nitrogens with zero attached hydrogens (tertiary/aromatic N) is 4. The number of amides is 1. The van der Waals surface area contributed by atoms with Gasteiger partial charge >= 0.3 is 0 Å². The number of hydrogen-bond donors (Lipinski definition) is 2. The van der Waals surface area contributed by atoms with E-state index in [0.29, 0.717) is 23.9 Å². The summed E-state index contributed by atoms with van der Waals surface area (Å²) in [5, 5.41) is 6.98. The third-order valence-corrected chi connectivity index (χ3v) is 9.23. The number of piperidine rings is 1. The van der Waals surface area contributed by atoms with Gasteiger partial charge in [-0.15, -0.1) is 0 Å². The highest BCUT2D eigenvalue weighted by Crippen LogP contribution is 2.30. The summed E-state index contributed by atoms with van der Waals surface area (Å²) in [7, 11) is 0. The summed E-state index contributed by atoms with van der Waals surface area (Å²) in [5.41, 5.74) is 0. The van der Waals surface area contributed by atoms with Gasteiger partial charge in [0.05, 0.1) is 0 Å². The summed E-state index contributed by atoms with van der Waals surface area (Å²) in [6, 6.07) is 3.18. The zero-order valence-corrected chi connectivity index (χ0v) is 22.3. The number of anilines is 2. The maximum absolute atomic E-state index is 12.5. The van der Waals surface area contributed by atoms with Crippen molar-refractivity contribution in [3.8, 4) is 0 Å². The summed E-state index contributed by atoms with van der Waals surface area (Å²) in [6.45, 7) is 5.41. The normalized spacial score (nSPS) is 28.9. The highest BCUT2D eigenvalue weighted by molar-refractivity contribution is 5.78. The van der Waals surface area contributed by atoms with Crippen molar-refractivity contribution in [2.45, 2.75) is 108 Å². The van der Waals surface area contributed by atoms with Gasteiger partial charge in [0, 0.05) is 50.4 Å². The van der Waals surface area contributed by atoms with E-state index in [0.717, 1.165) is 50.8 Å². The van der Waals surface area contributed by atoms with Crippen molar-refractivity contribution in [3.05, 3.63) is 12.3 Å². The lowest BCUT2D eigenvalue weighted by molar-refractivity contribution is -0.126. The van der Waals surface area contributed by atoms with E-state index >= 15 is 0 Å². The lowest BCUT2D eigenvalue weighted by atomic mass is 9.84. The zero-order valence-electron chi connectivity index (χ0n) is 22.3. The third-order valence-electron chi connectivity index (χ3n) is 9.23. The molecule has 0 spiro atoms. The molecular formula is C29H48N6O. The van der Waals surface area contributed by atoms with E-state index in [4.69, 9.17) is 4.98 Å². The van der Waals surface area contributed by atoms with Crippen LogP contribution in [0.5, 0.6) is 0 Å². The van der Waals surface area contributed by atoms with E-state index in [9.17, 15) is 4.79 Å². The van der Waals surface area contributed by atoms with Gasteiger partial charge in [-0.25, -0.2) is 4.98 Å². The predicted octanol–water partition coefficient (Wildman–Crippen LogP) is 4.99. The number of aromatic nitrogens is 2. The Kier molecular flexibility index (Phi) is 9.35. The van der Waals surface area contributed by atoms with Crippen LogP contribution in [0.15, 0.2) is 12.3 Å². The molecule has 0 bridgehead atoms. The molecule has 1 aromatic rings. The van der Waals surface area contributed by atoms with Gasteiger partial charge in [-0.3, -0.25) is 9.69 Å². The molecule has 4 fully saturated rings. The molecule has 36 heavy (non-hydrogen) atoms. The smallest absolute Gasteiger partial charge is 0.224 e. The molecule has 7 nitrogen and oxygen atoms in total. The van der Waals surface area contributed by atoms with Crippen LogP contribution >= 0.6 is 0 Å². The van der Waals surface area contributed by atoms with Gasteiger partial charge in [0.25, 0.3) is 0 Å². The van der Waals surface area contributed by atoms with Gasteiger partial charge < -0.3 is 15.5 Å². The fourth-order valence-corrected chi connectivity index (χ4v) is 7.00. The molecule has 1 unspecified atom stereocenters. The SMILES string of the molecule is O=C(NCC1CCC(N2CCCC(Nc3nccc(N4CCCCCC4)n3)C2)CC1)C1CCCCC1. The second kappa shape index (κ2) is 13.1. The highest BCUT2D eigenvalue weighted by atomic mass is 16.1. The average molecular weight is 497 g/mol. The Hall–Kier alpha value is -1.89. The standard InChI is InChI=1S/C29H48N6O/c36-28(24-9-4-3-5-10-24)31-21-23-12-14-26(15-13-23)35-20-8-11-25(22-35)32-29-30-17-16-27(33-29)34-18-6-1-2-7-19-34/h16-17,23-26H,1-15,18-22H2,(H,31,36)(H,30,32,33). The van der Waals surface area contributed by atoms with Crippen molar-refractivity contribution in [2.24, 2.45) is 11.8 Å². The lowest BCUT2D eigenvalue weighted by Crippen LogP contribution is -2.48. The largest absolute Gasteiger partial charge is 0.356 e. The molecule has 1 atom stereocenters. The van der Waals surface area contributed by atoms with Crippen LogP contribution in [0.1, 0.15) is 96.3 Å². The molecule has 1 aromatic heterocycles. The van der Waals surface area contributed by atoms with Gasteiger partial charge in [-0.1, -0.05) is 32.1 Å². The van der Waals surface area contributed by atoms with Crippen molar-refractivity contribution < 1.29 is 4.79 Å². The number of rotatable bonds is 7. The van der Waals surface area contributed by atoms with Crippen LogP contribution in [-0.4, -0.2) is 65.6 Å². The van der Waals surface area contributed by atoms with Gasteiger partial charge in [0.15, 0.2) is 0 Å². The fourth-order valence-electron chi connectivity index (χ4n) is 7.00. The molecular weight excluding hydrogens is 448 g/mol. The van der Waals surface area contributed by atoms with E-state index in [1.807, 2.05) is 6.20 Å². The van der Waals surface area contributed by atoms with Crippen LogP contribution in [0.3, 0.4) is 0 Å². The Morgan fingerprint density at radius 1 is 0.861 bits per heavy atom. The first-order chi connectivity index (χ1) is 17.7. The molecule has 2 N–H and O–H groups in total. The van der Waals surface area contributed by atoms with E-state index in [1.165, 1.54) is 90.0 Å². The molecule has 2 aliphatic heterocycles. The first-order valence-corrected chi connectivity index (χ1v) is 15.1. The lowest BCUT2D eigenvalue weighted by Gasteiger charge is -2.41. The molecule has 3 heterocycles. The summed E-state index contributed by atoms with van der Waals surface area (Å²) in [5.74, 6) is 3.13. The molecule has 0 aromatic carbocycles. The Bertz CT molecular complexity index is 812. The van der Waals surface area contributed by atoms with Crippen LogP contribution in [0.2, 0.25) is 0 Å². The number of hydrogen-bond acceptors (Lipinski definition) is 6. The van der Waals surface area contributed by atoms with Crippen molar-refractivity contribution in [3.63, 3.8) is 0 Å². The second-order valence-corrected chi connectivity index (χ2v) is 11.9. The van der Waals surface area contributed by atoms with Crippen molar-refractivity contribution >= 4 is 17.7 Å². The van der Waals surface area contributed by atoms with Crippen LogP contribution in [0, 0.1) is 11.8 Å². The fraction of sp³-hybridized carbons (Fsp3) is 0.828. The average Bonchev–Trinajstić information content (AvgIpc) is 3.23. The van der Waals surface area contributed by atoms with Crippen LogP contribution in [-0.2, 0) is 4.79 Å². The quantitative estimate of drug-likeness (QED) is 0.554. The summed E-state index contributed by atoms with van der Waals surface area (Å²) < 4.78 is 0. The molecule has 4 aliphatic rings. The molecule has 0 radical (unpaired) electrons. The summed E-state index contributed by atoms with van der Waals surface area (Å²) in [4.78, 5) is 27.1. The van der Waals surface area contributed by atoms with E-state index in [2.05, 4.69) is 31.5 Å². The van der Waals surface area contributed by atoms with E-state index in [-0.39, 0.29) is 5.92 Å². The van der Waals surface area contributed by atoms with Crippen molar-refractivity contribution in [1.29, 1.82) is 0 Å². The first-order valence-electron chi connectivity index (χ1n) is 15.1. The molecule has 2 saturated heterocycles. The Morgan fingerprint density at radius 3 is 2.39 bits per heavy atom. The van der Waals surface area contributed by atoms with Crippen molar-refractivity contribution in [1.82, 2.24) is 20.2 Å². The number of carbonyl (C=O) groups is 1. The van der Waals surface area contributed by atoms with Crippen molar-refractivity contribution in [2.75, 3.05) is 42.9 Å². The minimum Gasteiger partial charge on any atom is -0.356 e. The molecule has 2 aliphatic carbocycles. The van der Waals surface area contributed by atoms with E-state index < -0.39 is 0 Å². The molecule has 1 amide bonds. The summed E-state index contributed by atoms with van der Waals surface area (Å²) in [6.07, 6.45) is 20.5. The second-order valence-electron chi connectivity index (χ2n) is 11.9. The van der Waals surface area contributed by atoms with Crippen LogP contribution < -0.4 is 15.5 Å².